The topological polar surface area (TPSA) is 94.5 Å². The van der Waals surface area contributed by atoms with Crippen molar-refractivity contribution in [2.45, 2.75) is 18.9 Å². The first-order chi connectivity index (χ1) is 16.7. The summed E-state index contributed by atoms with van der Waals surface area (Å²) in [6, 6.07) is 7.45. The second kappa shape index (κ2) is 12.1. The van der Waals surface area contributed by atoms with Gasteiger partial charge in [0.1, 0.15) is 16.6 Å². The number of piperidine rings is 1. The molecule has 1 aliphatic rings. The summed E-state index contributed by atoms with van der Waals surface area (Å²) in [7, 11) is 0. The maximum absolute atomic E-state index is 14.6. The van der Waals surface area contributed by atoms with E-state index in [1.165, 1.54) is 17.4 Å². The molecular formula is C25H25Cl3FN7S. The lowest BCUT2D eigenvalue weighted by atomic mass is 10.0. The molecule has 4 aromatic heterocycles. The zero-order chi connectivity index (χ0) is 23.1. The highest BCUT2D eigenvalue weighted by Gasteiger charge is 2.18. The fourth-order valence-electron chi connectivity index (χ4n) is 4.49. The molecule has 0 radical (unpaired) electrons. The molecule has 0 atom stereocenters. The predicted molar refractivity (Wildman–Crippen MR) is 155 cm³/mol. The van der Waals surface area contributed by atoms with Crippen LogP contribution in [0.3, 0.4) is 0 Å². The molecule has 5 heterocycles. The van der Waals surface area contributed by atoms with E-state index < -0.39 is 0 Å². The predicted octanol–water partition coefficient (Wildman–Crippen LogP) is 6.20. The molecule has 0 saturated carbocycles. The van der Waals surface area contributed by atoms with Crippen molar-refractivity contribution in [2.75, 3.05) is 18.8 Å². The molecule has 0 aliphatic carbocycles. The number of aromatic nitrogens is 5. The van der Waals surface area contributed by atoms with E-state index in [1.807, 2.05) is 28.4 Å². The van der Waals surface area contributed by atoms with Gasteiger partial charge in [0.15, 0.2) is 0 Å². The smallest absolute Gasteiger partial charge is 0.132 e. The first kappa shape index (κ1) is 28.7. The van der Waals surface area contributed by atoms with Gasteiger partial charge in [0.2, 0.25) is 0 Å². The Hall–Kier alpha value is -2.82. The molecule has 0 bridgehead atoms. The zero-order valence-electron chi connectivity index (χ0n) is 19.5. The van der Waals surface area contributed by atoms with E-state index >= 15 is 0 Å². The molecule has 1 fully saturated rings. The number of hydrogen-bond acceptors (Lipinski definition) is 7. The number of nitrogens with two attached hydrogens (primary N) is 1. The Bertz CT molecular complexity index is 1490. The number of hydrogen-bond donors (Lipinski definition) is 2. The van der Waals surface area contributed by atoms with Gasteiger partial charge in [-0.2, -0.15) is 5.10 Å². The summed E-state index contributed by atoms with van der Waals surface area (Å²) in [4.78, 5) is 13.4. The van der Waals surface area contributed by atoms with Gasteiger partial charge in [-0.25, -0.2) is 14.4 Å². The average Bonchev–Trinajstić information content (AvgIpc) is 3.58. The summed E-state index contributed by atoms with van der Waals surface area (Å²) in [5.41, 5.74) is 10.3. The highest BCUT2D eigenvalue weighted by Crippen LogP contribution is 2.35. The third-order valence-corrected chi connectivity index (χ3v) is 7.13. The van der Waals surface area contributed by atoms with Crippen molar-refractivity contribution in [3.63, 3.8) is 0 Å². The lowest BCUT2D eigenvalue weighted by Gasteiger charge is -2.22. The summed E-state index contributed by atoms with van der Waals surface area (Å²) < 4.78 is 16.6. The third kappa shape index (κ3) is 5.56. The molecular weight excluding hydrogens is 556 g/mol. The first-order valence-corrected chi connectivity index (χ1v) is 12.0. The van der Waals surface area contributed by atoms with Crippen molar-refractivity contribution in [1.29, 1.82) is 0 Å². The summed E-state index contributed by atoms with van der Waals surface area (Å²) in [6.07, 6.45) is 11.1. The number of pyridine rings is 2. The Kier molecular flexibility index (Phi) is 9.44. The summed E-state index contributed by atoms with van der Waals surface area (Å²) >= 11 is 1.51. The molecule has 194 valence electrons. The van der Waals surface area contributed by atoms with E-state index in [0.29, 0.717) is 28.5 Å². The number of nitrogens with one attached hydrogen (secondary N) is 1. The number of anilines is 1. The van der Waals surface area contributed by atoms with E-state index in [-0.39, 0.29) is 43.0 Å². The monoisotopic (exact) mass is 579 g/mol. The minimum Gasteiger partial charge on any atom is -0.383 e. The van der Waals surface area contributed by atoms with E-state index in [0.717, 1.165) is 53.0 Å². The van der Waals surface area contributed by atoms with Crippen molar-refractivity contribution in [3.05, 3.63) is 66.4 Å². The van der Waals surface area contributed by atoms with Gasteiger partial charge in [0.25, 0.3) is 0 Å². The quantitative estimate of drug-likeness (QED) is 0.263. The molecule has 37 heavy (non-hydrogen) atoms. The van der Waals surface area contributed by atoms with Crippen LogP contribution in [0, 0.1) is 5.82 Å². The van der Waals surface area contributed by atoms with Crippen molar-refractivity contribution in [3.8, 4) is 33.0 Å². The van der Waals surface area contributed by atoms with Crippen LogP contribution in [0.2, 0.25) is 0 Å². The molecule has 1 aliphatic heterocycles. The van der Waals surface area contributed by atoms with E-state index in [9.17, 15) is 4.39 Å². The van der Waals surface area contributed by atoms with Crippen molar-refractivity contribution in [1.82, 2.24) is 30.0 Å². The van der Waals surface area contributed by atoms with Gasteiger partial charge in [-0.3, -0.25) is 9.67 Å². The van der Waals surface area contributed by atoms with E-state index in [2.05, 4.69) is 31.6 Å². The Labute approximate surface area is 236 Å². The van der Waals surface area contributed by atoms with Crippen LogP contribution >= 0.6 is 48.6 Å². The maximum Gasteiger partial charge on any atom is 0.132 e. The fourth-order valence-corrected chi connectivity index (χ4v) is 5.17. The number of thiazole rings is 1. The minimum absolute atomic E-state index is 0. The summed E-state index contributed by atoms with van der Waals surface area (Å²) in [5, 5.41) is 11.9. The van der Waals surface area contributed by atoms with Crippen LogP contribution in [0.5, 0.6) is 0 Å². The largest absolute Gasteiger partial charge is 0.383 e. The number of rotatable bonds is 4. The van der Waals surface area contributed by atoms with Gasteiger partial charge < -0.3 is 11.1 Å². The van der Waals surface area contributed by atoms with Gasteiger partial charge in [-0.1, -0.05) is 0 Å². The number of benzene rings is 1. The van der Waals surface area contributed by atoms with E-state index in [4.69, 9.17) is 5.73 Å². The molecule has 0 amide bonds. The lowest BCUT2D eigenvalue weighted by molar-refractivity contribution is 0.343. The number of nitrogens with zero attached hydrogens (tertiary/aromatic N) is 5. The molecule has 0 unspecified atom stereocenters. The van der Waals surface area contributed by atoms with Crippen molar-refractivity contribution >= 4 is 65.1 Å². The van der Waals surface area contributed by atoms with E-state index in [1.54, 1.807) is 24.7 Å². The van der Waals surface area contributed by atoms with Crippen LogP contribution in [-0.2, 0) is 0 Å². The number of fused-ring (bicyclic) bond motifs is 1. The lowest BCUT2D eigenvalue weighted by Crippen LogP contribution is -2.29. The second-order valence-corrected chi connectivity index (χ2v) is 9.29. The zero-order valence-corrected chi connectivity index (χ0v) is 22.8. The highest BCUT2D eigenvalue weighted by molar-refractivity contribution is 7.13. The normalized spacial score (nSPS) is 13.4. The van der Waals surface area contributed by atoms with Crippen LogP contribution in [0.15, 0.2) is 60.6 Å². The molecule has 1 aromatic carbocycles. The summed E-state index contributed by atoms with van der Waals surface area (Å²) in [5.74, 6) is 0.0491. The van der Waals surface area contributed by atoms with Crippen LogP contribution < -0.4 is 11.1 Å². The highest BCUT2D eigenvalue weighted by atomic mass is 35.5. The molecule has 12 heteroatoms. The number of halogens is 4. The van der Waals surface area contributed by atoms with Crippen LogP contribution in [0.4, 0.5) is 10.2 Å². The fraction of sp³-hybridized carbons (Fsp3) is 0.200. The number of nitrogen functional groups attached to an aromatic ring is 1. The Balaban J connectivity index is 0.00000127. The van der Waals surface area contributed by atoms with Gasteiger partial charge in [-0.05, 0) is 55.6 Å². The Morgan fingerprint density at radius 2 is 1.73 bits per heavy atom. The SMILES string of the molecule is Cl.Cl.Cl.Nc1ncc(-c2cnn(C3CCNCC3)c2)cc1-c1cc2c(-c3nccs3)ccc(F)c2cn1. The molecule has 0 spiro atoms. The first-order valence-electron chi connectivity index (χ1n) is 11.2. The van der Waals surface area contributed by atoms with Crippen LogP contribution in [-0.4, -0.2) is 37.8 Å². The van der Waals surface area contributed by atoms with Gasteiger partial charge in [0.05, 0.1) is 17.9 Å². The molecule has 6 rings (SSSR count). The molecule has 7 nitrogen and oxygen atoms in total. The molecule has 3 N–H and O–H groups in total. The van der Waals surface area contributed by atoms with Crippen LogP contribution in [0.25, 0.3) is 43.7 Å². The summed E-state index contributed by atoms with van der Waals surface area (Å²) in [6.45, 7) is 2.01. The van der Waals surface area contributed by atoms with Crippen molar-refractivity contribution in [2.24, 2.45) is 0 Å². The minimum atomic E-state index is -0.320. The van der Waals surface area contributed by atoms with Gasteiger partial charge in [0, 0.05) is 57.8 Å². The second-order valence-electron chi connectivity index (χ2n) is 8.39. The van der Waals surface area contributed by atoms with Gasteiger partial charge >= 0.3 is 0 Å². The van der Waals surface area contributed by atoms with Gasteiger partial charge in [-0.15, -0.1) is 48.6 Å². The Morgan fingerprint density at radius 1 is 0.919 bits per heavy atom. The van der Waals surface area contributed by atoms with Crippen molar-refractivity contribution < 1.29 is 4.39 Å². The molecule has 1 saturated heterocycles. The standard InChI is InChI=1S/C25H22FN7S.3ClH/c26-22-2-1-18(25-29-7-8-34-25)19-10-23(30-13-21(19)22)20-9-15(11-31-24(20)27)16-12-32-33(14-16)17-3-5-28-6-4-17;;;/h1-2,7-14,17,28H,3-6H2,(H2,27,31);3*1H. The van der Waals surface area contributed by atoms with Crippen LogP contribution in [0.1, 0.15) is 18.9 Å². The average molecular weight is 581 g/mol. The Morgan fingerprint density at radius 3 is 2.49 bits per heavy atom. The third-order valence-electron chi connectivity index (χ3n) is 6.32. The molecule has 5 aromatic rings. The maximum atomic E-state index is 14.6.